The summed E-state index contributed by atoms with van der Waals surface area (Å²) in [5.41, 5.74) is 7.12. The summed E-state index contributed by atoms with van der Waals surface area (Å²) < 4.78 is 5.10. The van der Waals surface area contributed by atoms with Crippen LogP contribution in [0.4, 0.5) is 0 Å². The second kappa shape index (κ2) is 5.51. The molecular formula is C12H17NO2. The van der Waals surface area contributed by atoms with Gasteiger partial charge in [-0.2, -0.15) is 0 Å². The van der Waals surface area contributed by atoms with Crippen molar-refractivity contribution in [2.75, 3.05) is 6.61 Å². The van der Waals surface area contributed by atoms with Gasteiger partial charge in [-0.25, -0.2) is 4.79 Å². The molecule has 3 heteroatoms. The number of nitrogens with two attached hydrogens (primary N) is 1. The second-order valence-electron chi connectivity index (χ2n) is 3.72. The molecule has 0 aromatic heterocycles. The first-order valence-corrected chi connectivity index (χ1v) is 5.09. The van der Waals surface area contributed by atoms with Crippen molar-refractivity contribution in [1.29, 1.82) is 0 Å². The Bertz CT molecular complexity index is 334. The van der Waals surface area contributed by atoms with E-state index in [1.807, 2.05) is 32.0 Å². The van der Waals surface area contributed by atoms with Crippen molar-refractivity contribution >= 4 is 5.97 Å². The first kappa shape index (κ1) is 11.7. The molecule has 0 aliphatic heterocycles. The Morgan fingerprint density at radius 1 is 1.47 bits per heavy atom. The van der Waals surface area contributed by atoms with Gasteiger partial charge in [-0.15, -0.1) is 0 Å². The zero-order valence-electron chi connectivity index (χ0n) is 9.19. The minimum Gasteiger partial charge on any atom is -0.462 e. The maximum Gasteiger partial charge on any atom is 0.338 e. The lowest BCUT2D eigenvalue weighted by atomic mass is 10.1. The van der Waals surface area contributed by atoms with Gasteiger partial charge < -0.3 is 10.5 Å². The summed E-state index contributed by atoms with van der Waals surface area (Å²) in [6.45, 7) is 4.16. The number of ether oxygens (including phenoxy) is 1. The van der Waals surface area contributed by atoms with Gasteiger partial charge in [0.05, 0.1) is 12.2 Å². The standard InChI is InChI=1S/C12H17NO2/c1-9-5-3-4-6-11(9)12(14)15-8-7-10(2)13/h3-6,10H,7-8,13H2,1-2H3. The van der Waals surface area contributed by atoms with Gasteiger partial charge in [0.25, 0.3) is 0 Å². The van der Waals surface area contributed by atoms with E-state index in [2.05, 4.69) is 0 Å². The molecule has 82 valence electrons. The van der Waals surface area contributed by atoms with Gasteiger partial charge in [0.2, 0.25) is 0 Å². The molecule has 0 saturated heterocycles. The fourth-order valence-corrected chi connectivity index (χ4v) is 1.22. The zero-order valence-corrected chi connectivity index (χ0v) is 9.19. The van der Waals surface area contributed by atoms with Crippen LogP contribution in [0, 0.1) is 6.92 Å². The van der Waals surface area contributed by atoms with Crippen LogP contribution < -0.4 is 5.73 Å². The molecule has 0 heterocycles. The molecule has 1 unspecified atom stereocenters. The largest absolute Gasteiger partial charge is 0.462 e. The molecule has 0 spiro atoms. The Kier molecular flexibility index (Phi) is 4.31. The third kappa shape index (κ3) is 3.72. The molecule has 0 radical (unpaired) electrons. The molecule has 1 atom stereocenters. The van der Waals surface area contributed by atoms with Gasteiger partial charge in [0.1, 0.15) is 0 Å². The van der Waals surface area contributed by atoms with Crippen LogP contribution in [0.1, 0.15) is 29.3 Å². The van der Waals surface area contributed by atoms with Gasteiger partial charge in [-0.1, -0.05) is 18.2 Å². The highest BCUT2D eigenvalue weighted by Crippen LogP contribution is 2.08. The summed E-state index contributed by atoms with van der Waals surface area (Å²) in [4.78, 5) is 11.6. The molecule has 0 amide bonds. The van der Waals surface area contributed by atoms with Gasteiger partial charge in [-0.3, -0.25) is 0 Å². The van der Waals surface area contributed by atoms with Crippen molar-refractivity contribution in [3.63, 3.8) is 0 Å². The van der Waals surface area contributed by atoms with Crippen molar-refractivity contribution in [3.05, 3.63) is 35.4 Å². The van der Waals surface area contributed by atoms with E-state index in [9.17, 15) is 4.79 Å². The van der Waals surface area contributed by atoms with Crippen molar-refractivity contribution in [2.24, 2.45) is 5.73 Å². The molecule has 1 aromatic rings. The third-order valence-corrected chi connectivity index (χ3v) is 2.17. The third-order valence-electron chi connectivity index (χ3n) is 2.17. The summed E-state index contributed by atoms with van der Waals surface area (Å²) in [6.07, 6.45) is 0.692. The molecule has 0 aliphatic rings. The predicted octanol–water partition coefficient (Wildman–Crippen LogP) is 1.89. The topological polar surface area (TPSA) is 52.3 Å². The van der Waals surface area contributed by atoms with E-state index in [0.29, 0.717) is 18.6 Å². The average Bonchev–Trinajstić information content (AvgIpc) is 2.17. The van der Waals surface area contributed by atoms with Crippen molar-refractivity contribution in [3.8, 4) is 0 Å². The number of rotatable bonds is 4. The average molecular weight is 207 g/mol. The van der Waals surface area contributed by atoms with Gasteiger partial charge >= 0.3 is 5.97 Å². The summed E-state index contributed by atoms with van der Waals surface area (Å²) in [7, 11) is 0. The number of benzene rings is 1. The van der Waals surface area contributed by atoms with E-state index in [-0.39, 0.29) is 12.0 Å². The highest BCUT2D eigenvalue weighted by molar-refractivity contribution is 5.90. The van der Waals surface area contributed by atoms with E-state index >= 15 is 0 Å². The molecule has 1 rings (SSSR count). The predicted molar refractivity (Wildman–Crippen MR) is 59.7 cm³/mol. The van der Waals surface area contributed by atoms with Gasteiger partial charge in [0, 0.05) is 6.04 Å². The van der Waals surface area contributed by atoms with E-state index in [0.717, 1.165) is 5.56 Å². The normalized spacial score (nSPS) is 12.2. The first-order chi connectivity index (χ1) is 7.11. The van der Waals surface area contributed by atoms with Gasteiger partial charge in [-0.05, 0) is 31.9 Å². The minimum atomic E-state index is -0.270. The fourth-order valence-electron chi connectivity index (χ4n) is 1.22. The Labute approximate surface area is 90.2 Å². The number of hydrogen-bond acceptors (Lipinski definition) is 3. The lowest BCUT2D eigenvalue weighted by Crippen LogP contribution is -2.19. The number of aryl methyl sites for hydroxylation is 1. The highest BCUT2D eigenvalue weighted by Gasteiger charge is 2.09. The van der Waals surface area contributed by atoms with Crippen LogP contribution in [0.25, 0.3) is 0 Å². The molecule has 1 aromatic carbocycles. The number of esters is 1. The zero-order chi connectivity index (χ0) is 11.3. The quantitative estimate of drug-likeness (QED) is 0.767. The molecule has 2 N–H and O–H groups in total. The lowest BCUT2D eigenvalue weighted by molar-refractivity contribution is 0.0495. The second-order valence-corrected chi connectivity index (χ2v) is 3.72. The van der Waals surface area contributed by atoms with Crippen LogP contribution in [0.3, 0.4) is 0 Å². The summed E-state index contributed by atoms with van der Waals surface area (Å²) in [5, 5.41) is 0. The Morgan fingerprint density at radius 2 is 2.13 bits per heavy atom. The van der Waals surface area contributed by atoms with Crippen LogP contribution in [0.2, 0.25) is 0 Å². The monoisotopic (exact) mass is 207 g/mol. The van der Waals surface area contributed by atoms with E-state index in [1.165, 1.54) is 0 Å². The van der Waals surface area contributed by atoms with Gasteiger partial charge in [0.15, 0.2) is 0 Å². The smallest absolute Gasteiger partial charge is 0.338 e. The summed E-state index contributed by atoms with van der Waals surface area (Å²) >= 11 is 0. The highest BCUT2D eigenvalue weighted by atomic mass is 16.5. The van der Waals surface area contributed by atoms with Crippen LogP contribution in [-0.4, -0.2) is 18.6 Å². The Morgan fingerprint density at radius 3 is 2.73 bits per heavy atom. The Hall–Kier alpha value is -1.35. The number of carbonyl (C=O) groups is 1. The van der Waals surface area contributed by atoms with Crippen molar-refractivity contribution < 1.29 is 9.53 Å². The van der Waals surface area contributed by atoms with Crippen LogP contribution in [0.5, 0.6) is 0 Å². The lowest BCUT2D eigenvalue weighted by Gasteiger charge is -2.08. The van der Waals surface area contributed by atoms with Crippen molar-refractivity contribution in [2.45, 2.75) is 26.3 Å². The van der Waals surface area contributed by atoms with Crippen molar-refractivity contribution in [1.82, 2.24) is 0 Å². The van der Waals surface area contributed by atoms with Crippen LogP contribution in [0.15, 0.2) is 24.3 Å². The van der Waals surface area contributed by atoms with E-state index < -0.39 is 0 Å². The summed E-state index contributed by atoms with van der Waals surface area (Å²) in [5.74, 6) is -0.270. The molecule has 15 heavy (non-hydrogen) atoms. The SMILES string of the molecule is Cc1ccccc1C(=O)OCCC(C)N. The van der Waals surface area contributed by atoms with E-state index in [4.69, 9.17) is 10.5 Å². The molecular weight excluding hydrogens is 190 g/mol. The summed E-state index contributed by atoms with van der Waals surface area (Å²) in [6, 6.07) is 7.45. The maximum atomic E-state index is 11.6. The number of hydrogen-bond donors (Lipinski definition) is 1. The van der Waals surface area contributed by atoms with E-state index in [1.54, 1.807) is 6.07 Å². The molecule has 0 saturated carbocycles. The molecule has 0 aliphatic carbocycles. The number of carbonyl (C=O) groups excluding carboxylic acids is 1. The first-order valence-electron chi connectivity index (χ1n) is 5.09. The molecule has 0 bridgehead atoms. The molecule has 0 fully saturated rings. The van der Waals surface area contributed by atoms with Crippen LogP contribution in [-0.2, 0) is 4.74 Å². The minimum absolute atomic E-state index is 0.0645. The fraction of sp³-hybridized carbons (Fsp3) is 0.417. The van der Waals surface area contributed by atoms with Crippen LogP contribution >= 0.6 is 0 Å². The maximum absolute atomic E-state index is 11.6. The Balaban J connectivity index is 2.51. The molecule has 3 nitrogen and oxygen atoms in total.